The van der Waals surface area contributed by atoms with E-state index in [2.05, 4.69) is 20.8 Å². The van der Waals surface area contributed by atoms with E-state index in [0.29, 0.717) is 0 Å². The molecule has 0 spiro atoms. The van der Waals surface area contributed by atoms with E-state index in [1.807, 2.05) is 6.08 Å². The third-order valence-electron chi connectivity index (χ3n) is 2.26. The normalized spacial score (nSPS) is 28.9. The minimum atomic E-state index is 0.0429. The third-order valence-corrected chi connectivity index (χ3v) is 2.26. The van der Waals surface area contributed by atoms with Gasteiger partial charge in [0.05, 0.1) is 0 Å². The van der Waals surface area contributed by atoms with Crippen molar-refractivity contribution in [3.8, 4) is 0 Å². The van der Waals surface area contributed by atoms with Crippen LogP contribution in [0.25, 0.3) is 0 Å². The van der Waals surface area contributed by atoms with Crippen molar-refractivity contribution in [3.63, 3.8) is 0 Å². The van der Waals surface area contributed by atoms with Gasteiger partial charge < -0.3 is 4.84 Å². The van der Waals surface area contributed by atoms with Crippen molar-refractivity contribution in [2.75, 3.05) is 6.54 Å². The first-order valence-corrected chi connectivity index (χ1v) is 4.09. The van der Waals surface area contributed by atoms with Crippen LogP contribution in [0.3, 0.4) is 0 Å². The third kappa shape index (κ3) is 0.905. The lowest BCUT2D eigenvalue weighted by molar-refractivity contribution is 0.194. The van der Waals surface area contributed by atoms with Gasteiger partial charge in [-0.05, 0) is 11.6 Å². The van der Waals surface area contributed by atoms with Gasteiger partial charge in [0.25, 0.3) is 0 Å². The van der Waals surface area contributed by atoms with Crippen LogP contribution in [0, 0.1) is 0 Å². The Morgan fingerprint density at radius 2 is 2.54 bits per heavy atom. The highest BCUT2D eigenvalue weighted by atomic mass is 16.6. The van der Waals surface area contributed by atoms with Crippen molar-refractivity contribution >= 4 is 12.2 Å². The van der Waals surface area contributed by atoms with E-state index in [0.717, 1.165) is 18.0 Å². The van der Waals surface area contributed by atoms with Gasteiger partial charge in [-0.1, -0.05) is 0 Å². The minimum absolute atomic E-state index is 0.0429. The molecule has 5 heteroatoms. The number of rotatable bonds is 0. The second-order valence-corrected chi connectivity index (χ2v) is 2.99. The fourth-order valence-corrected chi connectivity index (χ4v) is 1.65. The summed E-state index contributed by atoms with van der Waals surface area (Å²) in [5.74, 6) is 0.755. The summed E-state index contributed by atoms with van der Waals surface area (Å²) in [7, 11) is 0. The average molecular weight is 176 g/mol. The van der Waals surface area contributed by atoms with Crippen molar-refractivity contribution in [1.82, 2.24) is 10.8 Å². The second-order valence-electron chi connectivity index (χ2n) is 2.99. The molecule has 0 fully saturated rings. The Morgan fingerprint density at radius 1 is 1.54 bits per heavy atom. The van der Waals surface area contributed by atoms with E-state index in [1.54, 1.807) is 12.6 Å². The molecule has 0 saturated carbocycles. The Bertz CT molecular complexity index is 366. The van der Waals surface area contributed by atoms with Crippen LogP contribution in [0.2, 0.25) is 0 Å². The summed E-state index contributed by atoms with van der Waals surface area (Å²) in [5, 5.41) is 3.26. The van der Waals surface area contributed by atoms with E-state index in [-0.39, 0.29) is 6.17 Å². The van der Waals surface area contributed by atoms with Crippen LogP contribution < -0.4 is 10.8 Å². The van der Waals surface area contributed by atoms with Crippen LogP contribution in [0.5, 0.6) is 0 Å². The van der Waals surface area contributed by atoms with E-state index < -0.39 is 0 Å². The zero-order chi connectivity index (χ0) is 8.67. The molecule has 3 aliphatic rings. The summed E-state index contributed by atoms with van der Waals surface area (Å²) in [6.45, 7) is 0.817. The number of amidine groups is 1. The second kappa shape index (κ2) is 2.43. The molecule has 3 aliphatic heterocycles. The SMILES string of the molecule is C1=CC2=C3C(=NC=NC3NC2)NO1. The van der Waals surface area contributed by atoms with E-state index in [9.17, 15) is 0 Å². The van der Waals surface area contributed by atoms with Gasteiger partial charge in [0.1, 0.15) is 18.8 Å². The molecule has 0 amide bonds. The quantitative estimate of drug-likeness (QED) is 0.533. The zero-order valence-corrected chi connectivity index (χ0v) is 6.82. The highest BCUT2D eigenvalue weighted by Gasteiger charge is 2.30. The van der Waals surface area contributed by atoms with Gasteiger partial charge in [0, 0.05) is 12.1 Å². The summed E-state index contributed by atoms with van der Waals surface area (Å²) >= 11 is 0. The lowest BCUT2D eigenvalue weighted by Gasteiger charge is -2.15. The molecule has 3 rings (SSSR count). The van der Waals surface area contributed by atoms with Crippen LogP contribution in [0.1, 0.15) is 0 Å². The van der Waals surface area contributed by atoms with E-state index >= 15 is 0 Å². The number of nitrogens with one attached hydrogen (secondary N) is 2. The summed E-state index contributed by atoms with van der Waals surface area (Å²) in [4.78, 5) is 13.3. The fraction of sp³-hybridized carbons (Fsp3) is 0.250. The number of aliphatic imine (C=N–C) groups is 2. The molecule has 0 radical (unpaired) electrons. The summed E-state index contributed by atoms with van der Waals surface area (Å²) < 4.78 is 0. The van der Waals surface area contributed by atoms with Gasteiger partial charge in [-0.25, -0.2) is 15.5 Å². The molecular weight excluding hydrogens is 168 g/mol. The predicted octanol–water partition coefficient (Wildman–Crippen LogP) is -0.299. The molecule has 0 aromatic rings. The number of nitrogens with zero attached hydrogens (tertiary/aromatic N) is 2. The predicted molar refractivity (Wildman–Crippen MR) is 48.1 cm³/mol. The standard InChI is InChI=1S/C8H8N4O/c1-2-13-12-8-6-5(1)3-9-7(6)10-4-11-8/h1-2,4,7,9H,3H2,(H,10,11,12). The van der Waals surface area contributed by atoms with Crippen molar-refractivity contribution in [2.24, 2.45) is 9.98 Å². The smallest absolute Gasteiger partial charge is 0.168 e. The van der Waals surface area contributed by atoms with Crippen molar-refractivity contribution in [3.05, 3.63) is 23.5 Å². The van der Waals surface area contributed by atoms with Crippen molar-refractivity contribution in [1.29, 1.82) is 0 Å². The van der Waals surface area contributed by atoms with Gasteiger partial charge in [-0.3, -0.25) is 5.32 Å². The average Bonchev–Trinajstić information content (AvgIpc) is 2.44. The molecule has 1 unspecified atom stereocenters. The summed E-state index contributed by atoms with van der Waals surface area (Å²) in [5.41, 5.74) is 5.04. The Balaban J connectivity index is 2.15. The van der Waals surface area contributed by atoms with Crippen molar-refractivity contribution in [2.45, 2.75) is 6.17 Å². The molecule has 13 heavy (non-hydrogen) atoms. The van der Waals surface area contributed by atoms with Gasteiger partial charge >= 0.3 is 0 Å². The lowest BCUT2D eigenvalue weighted by atomic mass is 10.1. The molecule has 0 saturated heterocycles. The molecule has 66 valence electrons. The monoisotopic (exact) mass is 176 g/mol. The van der Waals surface area contributed by atoms with Crippen LogP contribution in [-0.2, 0) is 4.84 Å². The summed E-state index contributed by atoms with van der Waals surface area (Å²) in [6, 6.07) is 0. The van der Waals surface area contributed by atoms with Gasteiger partial charge in [0.15, 0.2) is 5.84 Å². The number of hydroxylamine groups is 1. The number of hydrogen-bond donors (Lipinski definition) is 2. The lowest BCUT2D eigenvalue weighted by Crippen LogP contribution is -2.34. The van der Waals surface area contributed by atoms with E-state index in [4.69, 9.17) is 4.84 Å². The largest absolute Gasteiger partial charge is 0.389 e. The zero-order valence-electron chi connectivity index (χ0n) is 6.82. The summed E-state index contributed by atoms with van der Waals surface area (Å²) in [6.07, 6.45) is 5.13. The molecule has 3 heterocycles. The van der Waals surface area contributed by atoms with Crippen LogP contribution in [0.4, 0.5) is 0 Å². The maximum Gasteiger partial charge on any atom is 0.168 e. The Kier molecular flexibility index (Phi) is 1.28. The Morgan fingerprint density at radius 3 is 3.54 bits per heavy atom. The number of hydrogen-bond acceptors (Lipinski definition) is 5. The molecular formula is C8H8N4O. The maximum atomic E-state index is 5.02. The van der Waals surface area contributed by atoms with Gasteiger partial charge in [-0.15, -0.1) is 0 Å². The van der Waals surface area contributed by atoms with Gasteiger partial charge in [-0.2, -0.15) is 0 Å². The van der Waals surface area contributed by atoms with E-state index in [1.165, 1.54) is 5.57 Å². The van der Waals surface area contributed by atoms with Gasteiger partial charge in [0.2, 0.25) is 0 Å². The highest BCUT2D eigenvalue weighted by molar-refractivity contribution is 6.05. The molecule has 1 atom stereocenters. The highest BCUT2D eigenvalue weighted by Crippen LogP contribution is 2.22. The molecule has 0 bridgehead atoms. The van der Waals surface area contributed by atoms with Crippen LogP contribution in [-0.4, -0.2) is 24.9 Å². The molecule has 0 aromatic carbocycles. The van der Waals surface area contributed by atoms with Crippen LogP contribution in [0.15, 0.2) is 33.5 Å². The maximum absolute atomic E-state index is 5.02. The van der Waals surface area contributed by atoms with Crippen LogP contribution >= 0.6 is 0 Å². The first-order chi connectivity index (χ1) is 6.45. The first kappa shape index (κ1) is 6.85. The molecule has 2 N–H and O–H groups in total. The Labute approximate surface area is 74.9 Å². The first-order valence-electron chi connectivity index (χ1n) is 4.09. The topological polar surface area (TPSA) is 58.0 Å². The molecule has 0 aliphatic carbocycles. The minimum Gasteiger partial charge on any atom is -0.389 e. The molecule has 0 aromatic heterocycles. The molecule has 5 nitrogen and oxygen atoms in total. The Hall–Kier alpha value is -1.62. The fourth-order valence-electron chi connectivity index (χ4n) is 1.65. The van der Waals surface area contributed by atoms with Crippen molar-refractivity contribution < 1.29 is 4.84 Å².